The maximum absolute atomic E-state index is 5.89. The second kappa shape index (κ2) is 2.87. The summed E-state index contributed by atoms with van der Waals surface area (Å²) in [4.78, 5) is 0. The van der Waals surface area contributed by atoms with Crippen LogP contribution >= 0.6 is 39.3 Å². The topological polar surface area (TPSA) is 30.7 Å². The van der Waals surface area contributed by atoms with E-state index >= 15 is 0 Å². The van der Waals surface area contributed by atoms with Crippen molar-refractivity contribution in [1.82, 2.24) is 14.0 Å². The van der Waals surface area contributed by atoms with Crippen LogP contribution in [0.2, 0.25) is 10.0 Å². The van der Waals surface area contributed by atoms with E-state index in [1.54, 1.807) is 12.1 Å². The molecule has 0 radical (unpaired) electrons. The first-order valence-corrected chi connectivity index (χ1v) is 4.51. The minimum atomic E-state index is 0.527. The van der Waals surface area contributed by atoms with E-state index in [-0.39, 0.29) is 0 Å². The molecule has 0 bridgehead atoms. The molecule has 6 heteroatoms. The first kappa shape index (κ1) is 8.29. The van der Waals surface area contributed by atoms with E-state index in [0.29, 0.717) is 15.6 Å². The summed E-state index contributed by atoms with van der Waals surface area (Å²) >= 11 is 14.8. The third-order valence-electron chi connectivity index (χ3n) is 1.42. The van der Waals surface area contributed by atoms with Crippen LogP contribution in [0.4, 0.5) is 0 Å². The van der Waals surface area contributed by atoms with Crippen LogP contribution < -0.4 is 0 Å². The van der Waals surface area contributed by atoms with Crippen molar-refractivity contribution in [2.75, 3.05) is 0 Å². The van der Waals surface area contributed by atoms with Gasteiger partial charge in [0.05, 0.1) is 21.2 Å². The summed E-state index contributed by atoms with van der Waals surface area (Å²) in [5.41, 5.74) is 1.39. The van der Waals surface area contributed by atoms with Crippen molar-refractivity contribution in [2.45, 2.75) is 0 Å². The number of rotatable bonds is 0. The Hall–Kier alpha value is -0.320. The quantitative estimate of drug-likeness (QED) is 0.734. The van der Waals surface area contributed by atoms with Gasteiger partial charge in [-0.2, -0.15) is 3.71 Å². The largest absolute Gasteiger partial charge is 0.175 e. The molecule has 0 saturated heterocycles. The summed E-state index contributed by atoms with van der Waals surface area (Å²) in [7, 11) is 0. The number of hydrogen-bond donors (Lipinski definition) is 0. The zero-order chi connectivity index (χ0) is 8.72. The maximum Gasteiger partial charge on any atom is 0.120 e. The molecule has 0 spiro atoms. The van der Waals surface area contributed by atoms with Crippen LogP contribution in [-0.2, 0) is 0 Å². The third kappa shape index (κ3) is 1.20. The van der Waals surface area contributed by atoms with Gasteiger partial charge in [-0.25, -0.2) is 0 Å². The average Bonchev–Trinajstić information content (AvgIpc) is 2.31. The zero-order valence-electron chi connectivity index (χ0n) is 5.63. The highest BCUT2D eigenvalue weighted by atomic mass is 79.9. The Morgan fingerprint density at radius 2 is 2.08 bits per heavy atom. The van der Waals surface area contributed by atoms with E-state index in [4.69, 9.17) is 23.2 Å². The molecule has 0 aliphatic heterocycles. The molecule has 0 saturated carbocycles. The minimum absolute atomic E-state index is 0.527. The SMILES string of the molecule is Clc1cc(Cl)c2c(c1)nnn2Br. The summed E-state index contributed by atoms with van der Waals surface area (Å²) in [6.07, 6.45) is 0. The van der Waals surface area contributed by atoms with Crippen molar-refractivity contribution < 1.29 is 0 Å². The zero-order valence-corrected chi connectivity index (χ0v) is 8.73. The molecule has 62 valence electrons. The van der Waals surface area contributed by atoms with E-state index < -0.39 is 0 Å². The molecule has 3 nitrogen and oxygen atoms in total. The lowest BCUT2D eigenvalue weighted by Gasteiger charge is -1.94. The monoisotopic (exact) mass is 265 g/mol. The summed E-state index contributed by atoms with van der Waals surface area (Å²) in [6.45, 7) is 0. The molecule has 0 amide bonds. The molecule has 12 heavy (non-hydrogen) atoms. The lowest BCUT2D eigenvalue weighted by atomic mass is 10.3. The van der Waals surface area contributed by atoms with Gasteiger partial charge in [0.15, 0.2) is 0 Å². The van der Waals surface area contributed by atoms with E-state index in [9.17, 15) is 0 Å². The summed E-state index contributed by atoms with van der Waals surface area (Å²) < 4.78 is 1.43. The van der Waals surface area contributed by atoms with Gasteiger partial charge in [0.2, 0.25) is 0 Å². The molecule has 0 aliphatic carbocycles. The number of benzene rings is 1. The second-order valence-electron chi connectivity index (χ2n) is 2.20. The van der Waals surface area contributed by atoms with E-state index in [1.165, 1.54) is 3.71 Å². The summed E-state index contributed by atoms with van der Waals surface area (Å²) in [6, 6.07) is 3.35. The van der Waals surface area contributed by atoms with Crippen LogP contribution in [0.1, 0.15) is 0 Å². The predicted molar refractivity (Wildman–Crippen MR) is 51.9 cm³/mol. The van der Waals surface area contributed by atoms with E-state index in [1.807, 2.05) is 0 Å². The molecule has 2 aromatic rings. The smallest absolute Gasteiger partial charge is 0.120 e. The number of hydrogen-bond acceptors (Lipinski definition) is 2. The van der Waals surface area contributed by atoms with Crippen LogP contribution in [0, 0.1) is 0 Å². The van der Waals surface area contributed by atoms with Crippen molar-refractivity contribution in [2.24, 2.45) is 0 Å². The van der Waals surface area contributed by atoms with Gasteiger partial charge in [0.1, 0.15) is 11.0 Å². The van der Waals surface area contributed by atoms with Crippen LogP contribution in [-0.4, -0.2) is 14.0 Å². The highest BCUT2D eigenvalue weighted by Crippen LogP contribution is 2.26. The number of aromatic nitrogens is 3. The molecule has 0 N–H and O–H groups in total. The van der Waals surface area contributed by atoms with Gasteiger partial charge in [0, 0.05) is 5.02 Å². The molecular weight excluding hydrogens is 265 g/mol. The molecule has 2 rings (SSSR count). The Morgan fingerprint density at radius 1 is 1.33 bits per heavy atom. The molecule has 1 aromatic heterocycles. The van der Waals surface area contributed by atoms with Crippen molar-refractivity contribution in [3.63, 3.8) is 0 Å². The van der Waals surface area contributed by atoms with Crippen LogP contribution in [0.3, 0.4) is 0 Å². The first-order valence-electron chi connectivity index (χ1n) is 3.05. The molecule has 0 unspecified atom stereocenters. The Bertz CT molecular complexity index is 440. The number of halogens is 3. The molecule has 1 aromatic carbocycles. The molecular formula is C6H2BrCl2N3. The Morgan fingerprint density at radius 3 is 2.83 bits per heavy atom. The van der Waals surface area contributed by atoms with Crippen molar-refractivity contribution in [3.8, 4) is 0 Å². The molecule has 0 fully saturated rings. The predicted octanol–water partition coefficient (Wildman–Crippen LogP) is 2.90. The van der Waals surface area contributed by atoms with Gasteiger partial charge in [-0.1, -0.05) is 28.4 Å². The fourth-order valence-electron chi connectivity index (χ4n) is 0.943. The van der Waals surface area contributed by atoms with Crippen LogP contribution in [0.15, 0.2) is 12.1 Å². The fraction of sp³-hybridized carbons (Fsp3) is 0. The summed E-state index contributed by atoms with van der Waals surface area (Å²) in [5.74, 6) is 0. The first-order chi connectivity index (χ1) is 5.68. The average molecular weight is 267 g/mol. The van der Waals surface area contributed by atoms with Crippen LogP contribution in [0.5, 0.6) is 0 Å². The maximum atomic E-state index is 5.89. The Labute approximate surface area is 86.6 Å². The van der Waals surface area contributed by atoms with Gasteiger partial charge < -0.3 is 0 Å². The molecule has 0 atom stereocenters. The molecule has 1 heterocycles. The summed E-state index contributed by atoms with van der Waals surface area (Å²) in [5, 5.41) is 8.66. The highest BCUT2D eigenvalue weighted by Gasteiger charge is 2.07. The van der Waals surface area contributed by atoms with Gasteiger partial charge in [-0.3, -0.25) is 0 Å². The van der Waals surface area contributed by atoms with Gasteiger partial charge >= 0.3 is 0 Å². The lowest BCUT2D eigenvalue weighted by Crippen LogP contribution is -1.81. The molecule has 0 aliphatic rings. The van der Waals surface area contributed by atoms with Crippen molar-refractivity contribution in [1.29, 1.82) is 0 Å². The Balaban J connectivity index is 2.93. The lowest BCUT2D eigenvalue weighted by molar-refractivity contribution is 0.924. The van der Waals surface area contributed by atoms with Crippen LogP contribution in [0.25, 0.3) is 11.0 Å². The second-order valence-corrected chi connectivity index (χ2v) is 3.72. The Kier molecular flexibility index (Phi) is 1.98. The third-order valence-corrected chi connectivity index (χ3v) is 2.43. The fourth-order valence-corrected chi connectivity index (χ4v) is 2.05. The number of fused-ring (bicyclic) bond motifs is 1. The minimum Gasteiger partial charge on any atom is -0.175 e. The standard InChI is InChI=1S/C6H2BrCl2N3/c7-12-6-4(9)1-3(8)2-5(6)10-11-12/h1-2H. The van der Waals surface area contributed by atoms with E-state index in [0.717, 1.165) is 5.52 Å². The highest BCUT2D eigenvalue weighted by molar-refractivity contribution is 9.08. The van der Waals surface area contributed by atoms with E-state index in [2.05, 4.69) is 26.5 Å². The number of nitrogens with zero attached hydrogens (tertiary/aromatic N) is 3. The van der Waals surface area contributed by atoms with Crippen molar-refractivity contribution >= 4 is 50.4 Å². The normalized spacial score (nSPS) is 10.9. The van der Waals surface area contributed by atoms with Crippen molar-refractivity contribution in [3.05, 3.63) is 22.2 Å². The van der Waals surface area contributed by atoms with Gasteiger partial charge in [0.25, 0.3) is 0 Å². The van der Waals surface area contributed by atoms with Gasteiger partial charge in [-0.05, 0) is 12.1 Å². The van der Waals surface area contributed by atoms with Gasteiger partial charge in [-0.15, -0.1) is 5.10 Å².